The van der Waals surface area contributed by atoms with E-state index >= 15 is 0 Å². The van der Waals surface area contributed by atoms with Crippen LogP contribution in [-0.4, -0.2) is 89.0 Å². The number of anilines is 1. The molecule has 0 radical (unpaired) electrons. The van der Waals surface area contributed by atoms with Gasteiger partial charge in [-0.25, -0.2) is 4.98 Å². The summed E-state index contributed by atoms with van der Waals surface area (Å²) in [5.41, 5.74) is 2.77. The minimum atomic E-state index is -0.564. The maximum Gasteiger partial charge on any atom is 0.257 e. The molecule has 5 rings (SSSR count). The zero-order valence-corrected chi connectivity index (χ0v) is 27.0. The first-order valence-corrected chi connectivity index (χ1v) is 16.6. The van der Waals surface area contributed by atoms with Gasteiger partial charge in [-0.3, -0.25) is 19.8 Å². The van der Waals surface area contributed by atoms with Crippen LogP contribution in [0.4, 0.5) is 5.13 Å². The van der Waals surface area contributed by atoms with E-state index in [1.807, 2.05) is 37.8 Å². The summed E-state index contributed by atoms with van der Waals surface area (Å²) >= 11 is 1.57. The molecule has 1 saturated heterocycles. The summed E-state index contributed by atoms with van der Waals surface area (Å²) in [7, 11) is 2.16. The van der Waals surface area contributed by atoms with Crippen molar-refractivity contribution in [2.24, 2.45) is 23.2 Å². The third-order valence-corrected chi connectivity index (χ3v) is 11.5. The molecule has 2 aliphatic carbocycles. The topological polar surface area (TPSA) is 89.0 Å². The van der Waals surface area contributed by atoms with Gasteiger partial charge in [-0.1, -0.05) is 32.9 Å². The predicted octanol–water partition coefficient (Wildman–Crippen LogP) is 4.70. The smallest absolute Gasteiger partial charge is 0.257 e. The number of nitrogens with zero attached hydrogens (tertiary/aromatic N) is 4. The number of amides is 2. The number of carbonyl (C=O) groups is 2. The maximum atomic E-state index is 13.2. The molecule has 1 aliphatic heterocycles. The van der Waals surface area contributed by atoms with Gasteiger partial charge in [0.05, 0.1) is 11.8 Å². The highest BCUT2D eigenvalue weighted by Crippen LogP contribution is 2.57. The second-order valence-corrected chi connectivity index (χ2v) is 14.3. The molecular weight excluding hydrogens is 546 g/mol. The number of thiazole rings is 1. The normalized spacial score (nSPS) is 28.9. The molecule has 42 heavy (non-hydrogen) atoms. The Bertz CT molecular complexity index is 1250. The van der Waals surface area contributed by atoms with Gasteiger partial charge in [-0.2, -0.15) is 0 Å². The summed E-state index contributed by atoms with van der Waals surface area (Å²) in [5, 5.41) is 15.4. The number of carbonyl (C=O) groups excluding carboxylic acids is 2. The predicted molar refractivity (Wildman–Crippen MR) is 169 cm³/mol. The Labute approximate surface area is 255 Å². The average molecular weight is 596 g/mol. The fraction of sp³-hybridized carbons (Fsp3) is 0.667. The molecule has 2 N–H and O–H groups in total. The molecule has 9 heteroatoms. The highest BCUT2D eigenvalue weighted by Gasteiger charge is 2.54. The van der Waals surface area contributed by atoms with E-state index in [1.54, 1.807) is 11.3 Å². The number of fused-ring (bicyclic) bond motifs is 2. The Morgan fingerprint density at radius 3 is 2.48 bits per heavy atom. The van der Waals surface area contributed by atoms with Crippen molar-refractivity contribution in [2.45, 2.75) is 72.4 Å². The van der Waals surface area contributed by atoms with Crippen LogP contribution in [0.15, 0.2) is 24.3 Å². The molecule has 2 aromatic rings. The van der Waals surface area contributed by atoms with Crippen LogP contribution in [0.25, 0.3) is 0 Å². The van der Waals surface area contributed by atoms with Crippen LogP contribution in [0.3, 0.4) is 0 Å². The van der Waals surface area contributed by atoms with E-state index in [2.05, 4.69) is 48.1 Å². The summed E-state index contributed by atoms with van der Waals surface area (Å²) in [6.07, 6.45) is 2.09. The molecule has 0 spiro atoms. The van der Waals surface area contributed by atoms with Gasteiger partial charge in [-0.15, -0.1) is 11.3 Å². The van der Waals surface area contributed by atoms with Gasteiger partial charge in [0.15, 0.2) is 5.13 Å². The van der Waals surface area contributed by atoms with Gasteiger partial charge in [-0.05, 0) is 75.1 Å². The number of aliphatic hydroxyl groups is 1. The molecule has 0 unspecified atom stereocenters. The molecule has 3 aliphatic rings. The molecule has 1 aromatic carbocycles. The van der Waals surface area contributed by atoms with Crippen LogP contribution in [0.1, 0.15) is 79.9 Å². The van der Waals surface area contributed by atoms with E-state index in [-0.39, 0.29) is 40.9 Å². The van der Waals surface area contributed by atoms with Gasteiger partial charge in [0, 0.05) is 68.1 Å². The van der Waals surface area contributed by atoms with Crippen molar-refractivity contribution in [3.63, 3.8) is 0 Å². The third kappa shape index (κ3) is 6.16. The van der Waals surface area contributed by atoms with Crippen molar-refractivity contribution in [1.29, 1.82) is 0 Å². The largest absolute Gasteiger partial charge is 0.392 e. The maximum absolute atomic E-state index is 13.2. The van der Waals surface area contributed by atoms with Gasteiger partial charge >= 0.3 is 0 Å². The van der Waals surface area contributed by atoms with Gasteiger partial charge in [0.1, 0.15) is 0 Å². The molecule has 2 fully saturated rings. The lowest BCUT2D eigenvalue weighted by molar-refractivity contribution is -0.144. The van der Waals surface area contributed by atoms with Crippen molar-refractivity contribution in [3.8, 4) is 0 Å². The monoisotopic (exact) mass is 595 g/mol. The fourth-order valence-electron chi connectivity index (χ4n) is 7.80. The van der Waals surface area contributed by atoms with Crippen LogP contribution in [-0.2, 0) is 17.8 Å². The van der Waals surface area contributed by atoms with Crippen LogP contribution < -0.4 is 5.32 Å². The van der Waals surface area contributed by atoms with Crippen molar-refractivity contribution in [2.75, 3.05) is 51.6 Å². The van der Waals surface area contributed by atoms with E-state index in [0.717, 1.165) is 57.7 Å². The molecule has 230 valence electrons. The zero-order valence-electron chi connectivity index (χ0n) is 26.2. The molecule has 0 bridgehead atoms. The summed E-state index contributed by atoms with van der Waals surface area (Å²) in [5.74, 6) is -0.207. The minimum Gasteiger partial charge on any atom is -0.392 e. The lowest BCUT2D eigenvalue weighted by atomic mass is 9.53. The van der Waals surface area contributed by atoms with E-state index in [0.29, 0.717) is 23.8 Å². The van der Waals surface area contributed by atoms with Crippen molar-refractivity contribution < 1.29 is 14.7 Å². The molecule has 2 amide bonds. The van der Waals surface area contributed by atoms with E-state index < -0.39 is 6.10 Å². The number of hydrogen-bond donors (Lipinski definition) is 2. The first kappa shape index (κ1) is 31.1. The quantitative estimate of drug-likeness (QED) is 0.460. The summed E-state index contributed by atoms with van der Waals surface area (Å²) in [6, 6.07) is 7.92. The summed E-state index contributed by atoms with van der Waals surface area (Å²) in [4.78, 5) is 39.1. The first-order chi connectivity index (χ1) is 20.0. The number of rotatable bonds is 8. The highest BCUT2D eigenvalue weighted by atomic mass is 32.1. The summed E-state index contributed by atoms with van der Waals surface area (Å²) in [6.45, 7) is 17.1. The standard InChI is InChI=1S/C33H49N5O3S/c1-7-38(8-2)31(41)21(3)25-13-14-33(5)19-26-28(22(4)27(33)29(25)39)34-32(42-26)35-30(40)24-11-9-23(10-12-24)20-37-17-15-36(6)16-18-37/h9-12,21-22,25,27,29,39H,7-8,13-20H2,1-6H3,(H,34,35,40)/t21-,22-,25-,27+,29-,33-/m0/s1. The molecular formula is C33H49N5O3S. The number of likely N-dealkylation sites (N-methyl/N-ethyl adjacent to an activating group) is 1. The second-order valence-electron chi connectivity index (χ2n) is 13.2. The van der Waals surface area contributed by atoms with Crippen LogP contribution >= 0.6 is 11.3 Å². The van der Waals surface area contributed by atoms with E-state index in [9.17, 15) is 14.7 Å². The molecule has 2 heterocycles. The van der Waals surface area contributed by atoms with Crippen molar-refractivity contribution in [3.05, 3.63) is 46.0 Å². The van der Waals surface area contributed by atoms with Gasteiger partial charge in [0.2, 0.25) is 5.91 Å². The third-order valence-electron chi connectivity index (χ3n) is 10.5. The Kier molecular flexibility index (Phi) is 9.42. The van der Waals surface area contributed by atoms with Crippen LogP contribution in [0.5, 0.6) is 0 Å². The van der Waals surface area contributed by atoms with Crippen molar-refractivity contribution >= 4 is 28.3 Å². The zero-order chi connectivity index (χ0) is 30.2. The fourth-order valence-corrected chi connectivity index (χ4v) is 9.06. The van der Waals surface area contributed by atoms with Crippen LogP contribution in [0.2, 0.25) is 0 Å². The Morgan fingerprint density at radius 1 is 1.17 bits per heavy atom. The molecule has 6 atom stereocenters. The number of piperazine rings is 1. The Hall–Kier alpha value is -2.33. The highest BCUT2D eigenvalue weighted by molar-refractivity contribution is 7.15. The van der Waals surface area contributed by atoms with Gasteiger partial charge in [0.25, 0.3) is 5.91 Å². The minimum absolute atomic E-state index is 0.0224. The number of nitrogens with one attached hydrogen (secondary N) is 1. The Morgan fingerprint density at radius 2 is 1.83 bits per heavy atom. The van der Waals surface area contributed by atoms with E-state index in [1.165, 1.54) is 10.4 Å². The second kappa shape index (κ2) is 12.7. The summed E-state index contributed by atoms with van der Waals surface area (Å²) < 4.78 is 0. The molecule has 8 nitrogen and oxygen atoms in total. The number of aromatic nitrogens is 1. The number of hydrogen-bond acceptors (Lipinski definition) is 7. The molecule has 1 saturated carbocycles. The van der Waals surface area contributed by atoms with Gasteiger partial charge < -0.3 is 14.9 Å². The lowest BCUT2D eigenvalue weighted by Gasteiger charge is -2.53. The Balaban J connectivity index is 1.25. The lowest BCUT2D eigenvalue weighted by Crippen LogP contribution is -2.53. The van der Waals surface area contributed by atoms with Crippen LogP contribution in [0, 0.1) is 23.2 Å². The molecule has 1 aromatic heterocycles. The average Bonchev–Trinajstić information content (AvgIpc) is 3.36. The van der Waals surface area contributed by atoms with Crippen molar-refractivity contribution in [1.82, 2.24) is 19.7 Å². The van der Waals surface area contributed by atoms with E-state index in [4.69, 9.17) is 4.98 Å². The number of aliphatic hydroxyl groups excluding tert-OH is 1. The first-order valence-electron chi connectivity index (χ1n) is 15.8. The number of benzene rings is 1. The SMILES string of the molecule is CCN(CC)C(=O)[C@@H](C)[C@@H]1CC[C@@]2(C)Cc3sc(NC(=O)c4ccc(CN5CCN(C)CC5)cc4)nc3[C@@H](C)[C@@H]2[C@H]1O.